The van der Waals surface area contributed by atoms with Gasteiger partial charge < -0.3 is 0 Å². The van der Waals surface area contributed by atoms with Crippen molar-refractivity contribution in [3.05, 3.63) is 26.3 Å². The third-order valence-corrected chi connectivity index (χ3v) is 2.90. The Morgan fingerprint density at radius 2 is 1.40 bits per heavy atom. The molecule has 0 atom stereocenters. The molecule has 0 unspecified atom stereocenters. The third kappa shape index (κ3) is 2.19. The molecule has 9 heteroatoms. The zero-order chi connectivity index (χ0) is 11.7. The van der Waals surface area contributed by atoms with Crippen LogP contribution in [0.2, 0.25) is 0 Å². The predicted molar refractivity (Wildman–Crippen MR) is 61.5 cm³/mol. The number of hydrogen-bond donors (Lipinski definition) is 3. The molecule has 0 spiro atoms. The van der Waals surface area contributed by atoms with Gasteiger partial charge in [0.25, 0.3) is 0 Å². The predicted octanol–water partition coefficient (Wildman–Crippen LogP) is 2.37. The van der Waals surface area contributed by atoms with E-state index < -0.39 is 21.2 Å². The van der Waals surface area contributed by atoms with E-state index in [4.69, 9.17) is 0 Å². The first-order valence-electron chi connectivity index (χ1n) is 3.43. The molecule has 0 aliphatic carbocycles. The molecule has 0 aromatic heterocycles. The van der Waals surface area contributed by atoms with Gasteiger partial charge in [0, 0.05) is 4.90 Å². The van der Waals surface area contributed by atoms with E-state index in [1.54, 1.807) is 0 Å². The van der Waals surface area contributed by atoms with E-state index in [0.717, 1.165) is 0 Å². The molecule has 0 heterocycles. The zero-order valence-corrected chi connectivity index (χ0v) is 9.63. The van der Waals surface area contributed by atoms with Crippen molar-refractivity contribution in [2.45, 2.75) is 14.7 Å². The topological polar surface area (TPSA) is 86.3 Å². The number of nitro benzene ring substituents is 2. The van der Waals surface area contributed by atoms with Crippen LogP contribution >= 0.6 is 37.9 Å². The third-order valence-electron chi connectivity index (χ3n) is 1.57. The minimum absolute atomic E-state index is 0.116. The van der Waals surface area contributed by atoms with Gasteiger partial charge in [-0.05, 0) is 6.07 Å². The van der Waals surface area contributed by atoms with Crippen LogP contribution in [0, 0.1) is 20.2 Å². The fraction of sp³-hybridized carbons (Fsp3) is 0. The van der Waals surface area contributed by atoms with Gasteiger partial charge in [0.2, 0.25) is 0 Å². The van der Waals surface area contributed by atoms with E-state index in [1.165, 1.54) is 6.07 Å². The summed E-state index contributed by atoms with van der Waals surface area (Å²) in [5, 5.41) is 21.2. The molecule has 0 aliphatic rings. The molecule has 0 N–H and O–H groups in total. The Kier molecular flexibility index (Phi) is 3.47. The van der Waals surface area contributed by atoms with Crippen LogP contribution in [-0.4, -0.2) is 9.85 Å². The molecule has 1 aromatic rings. The SMILES string of the molecule is O=[N+]([O-])c1c(S)cc(S)c(S)c1[N+](=O)[O-]. The van der Waals surface area contributed by atoms with Crippen LogP contribution in [-0.2, 0) is 0 Å². The van der Waals surface area contributed by atoms with Crippen LogP contribution in [0.15, 0.2) is 20.8 Å². The van der Waals surface area contributed by atoms with Crippen molar-refractivity contribution < 1.29 is 9.85 Å². The standard InChI is InChI=1S/C6H4N2O4S3/c9-7(10)4-2(13)1-3(14)6(15)5(4)8(11)12/h1,13-15H. The highest BCUT2D eigenvalue weighted by Gasteiger charge is 2.31. The maximum atomic E-state index is 10.6. The van der Waals surface area contributed by atoms with Crippen LogP contribution < -0.4 is 0 Å². The van der Waals surface area contributed by atoms with Crippen molar-refractivity contribution in [3.8, 4) is 0 Å². The van der Waals surface area contributed by atoms with E-state index in [2.05, 4.69) is 37.9 Å². The molecule has 0 bridgehead atoms. The fourth-order valence-electron chi connectivity index (χ4n) is 0.974. The molecule has 1 rings (SSSR count). The summed E-state index contributed by atoms with van der Waals surface area (Å²) >= 11 is 11.5. The smallest absolute Gasteiger partial charge is 0.258 e. The van der Waals surface area contributed by atoms with Crippen molar-refractivity contribution in [2.24, 2.45) is 0 Å². The second-order valence-corrected chi connectivity index (χ2v) is 3.89. The first-order chi connectivity index (χ1) is 6.86. The van der Waals surface area contributed by atoms with E-state index in [9.17, 15) is 20.2 Å². The molecule has 0 amide bonds. The summed E-state index contributed by atoms with van der Waals surface area (Å²) in [5.41, 5.74) is -1.37. The maximum Gasteiger partial charge on any atom is 0.361 e. The molecule has 0 radical (unpaired) electrons. The van der Waals surface area contributed by atoms with E-state index in [1.807, 2.05) is 0 Å². The van der Waals surface area contributed by atoms with Crippen LogP contribution in [0.5, 0.6) is 0 Å². The fourth-order valence-corrected chi connectivity index (χ4v) is 1.88. The largest absolute Gasteiger partial charge is 0.361 e. The minimum atomic E-state index is -0.875. The second-order valence-electron chi connectivity index (χ2n) is 2.47. The Labute approximate surface area is 100 Å². The molecule has 0 aliphatic heterocycles. The monoisotopic (exact) mass is 264 g/mol. The summed E-state index contributed by atoms with van der Waals surface area (Å²) in [7, 11) is 0. The summed E-state index contributed by atoms with van der Waals surface area (Å²) < 4.78 is 0. The Morgan fingerprint density at radius 3 is 1.80 bits per heavy atom. The number of benzene rings is 1. The van der Waals surface area contributed by atoms with Crippen LogP contribution in [0.1, 0.15) is 0 Å². The average molecular weight is 264 g/mol. The average Bonchev–Trinajstić information content (AvgIpc) is 2.09. The van der Waals surface area contributed by atoms with E-state index >= 15 is 0 Å². The zero-order valence-electron chi connectivity index (χ0n) is 6.95. The van der Waals surface area contributed by atoms with Crippen LogP contribution in [0.25, 0.3) is 0 Å². The highest BCUT2D eigenvalue weighted by Crippen LogP contribution is 2.41. The molecule has 6 nitrogen and oxygen atoms in total. The summed E-state index contributed by atoms with van der Waals surface area (Å²) in [4.78, 5) is 19.4. The Hall–Kier alpha value is -0.930. The van der Waals surface area contributed by atoms with Gasteiger partial charge in [-0.3, -0.25) is 20.2 Å². The van der Waals surface area contributed by atoms with Crippen LogP contribution in [0.3, 0.4) is 0 Å². The summed E-state index contributed by atoms with van der Waals surface area (Å²) in [6, 6.07) is 1.24. The summed E-state index contributed by atoms with van der Waals surface area (Å²) in [5.74, 6) is 0. The van der Waals surface area contributed by atoms with Gasteiger partial charge in [0.15, 0.2) is 0 Å². The lowest BCUT2D eigenvalue weighted by molar-refractivity contribution is -0.426. The molecular weight excluding hydrogens is 260 g/mol. The molecule has 0 fully saturated rings. The van der Waals surface area contributed by atoms with Gasteiger partial charge in [-0.15, -0.1) is 37.9 Å². The van der Waals surface area contributed by atoms with Crippen molar-refractivity contribution in [1.29, 1.82) is 0 Å². The number of rotatable bonds is 2. The van der Waals surface area contributed by atoms with E-state index in [0.29, 0.717) is 0 Å². The van der Waals surface area contributed by atoms with Gasteiger partial charge in [0.05, 0.1) is 14.7 Å². The Balaban J connectivity index is 3.69. The van der Waals surface area contributed by atoms with Crippen molar-refractivity contribution in [2.75, 3.05) is 0 Å². The highest BCUT2D eigenvalue weighted by molar-refractivity contribution is 7.83. The Bertz CT molecular complexity index is 462. The first-order valence-corrected chi connectivity index (χ1v) is 4.77. The quantitative estimate of drug-likeness (QED) is 0.435. The first kappa shape index (κ1) is 12.1. The molecule has 1 aromatic carbocycles. The molecule has 0 saturated carbocycles. The molecule has 15 heavy (non-hydrogen) atoms. The van der Waals surface area contributed by atoms with Gasteiger partial charge in [0.1, 0.15) is 4.90 Å². The maximum absolute atomic E-state index is 10.6. The van der Waals surface area contributed by atoms with Gasteiger partial charge >= 0.3 is 11.4 Å². The Morgan fingerprint density at radius 1 is 0.933 bits per heavy atom. The lowest BCUT2D eigenvalue weighted by Crippen LogP contribution is -1.99. The van der Waals surface area contributed by atoms with Gasteiger partial charge in [-0.25, -0.2) is 0 Å². The number of nitrogens with zero attached hydrogens (tertiary/aromatic N) is 2. The van der Waals surface area contributed by atoms with Crippen molar-refractivity contribution in [3.63, 3.8) is 0 Å². The lowest BCUT2D eigenvalue weighted by atomic mass is 10.2. The number of hydrogen-bond acceptors (Lipinski definition) is 7. The number of thiol groups is 3. The molecule has 80 valence electrons. The van der Waals surface area contributed by atoms with E-state index in [-0.39, 0.29) is 14.7 Å². The van der Waals surface area contributed by atoms with Crippen molar-refractivity contribution >= 4 is 49.3 Å². The lowest BCUT2D eigenvalue weighted by Gasteiger charge is -2.02. The normalized spacial score (nSPS) is 10.1. The molecular formula is C6H4N2O4S3. The van der Waals surface area contributed by atoms with Crippen LogP contribution in [0.4, 0.5) is 11.4 Å². The molecule has 0 saturated heterocycles. The second kappa shape index (κ2) is 4.29. The minimum Gasteiger partial charge on any atom is -0.258 e. The summed E-state index contributed by atoms with van der Waals surface area (Å²) in [6.07, 6.45) is 0. The highest BCUT2D eigenvalue weighted by atomic mass is 32.1. The summed E-state index contributed by atoms with van der Waals surface area (Å²) in [6.45, 7) is 0. The van der Waals surface area contributed by atoms with Gasteiger partial charge in [-0.2, -0.15) is 0 Å². The number of nitro groups is 2. The van der Waals surface area contributed by atoms with Crippen molar-refractivity contribution in [1.82, 2.24) is 0 Å². The van der Waals surface area contributed by atoms with Gasteiger partial charge in [-0.1, -0.05) is 0 Å².